The molecule has 2 nitrogen and oxygen atoms in total. The number of rotatable bonds is 5. The van der Waals surface area contributed by atoms with E-state index in [0.29, 0.717) is 11.5 Å². The molecule has 2 aliphatic rings. The normalized spacial score (nSPS) is 25.4. The largest absolute Gasteiger partial charge is 0.314 e. The average Bonchev–Trinajstić information content (AvgIpc) is 2.80. The maximum atomic E-state index is 3.76. The van der Waals surface area contributed by atoms with Crippen LogP contribution in [0.25, 0.3) is 0 Å². The second-order valence-electron chi connectivity index (χ2n) is 7.19. The summed E-state index contributed by atoms with van der Waals surface area (Å²) >= 11 is 2.15. The maximum absolute atomic E-state index is 3.76. The molecule has 0 aromatic carbocycles. The molecular formula is C17H34N2S. The van der Waals surface area contributed by atoms with Crippen LogP contribution in [0.1, 0.15) is 58.8 Å². The third-order valence-electron chi connectivity index (χ3n) is 4.92. The lowest BCUT2D eigenvalue weighted by molar-refractivity contribution is 0.130. The van der Waals surface area contributed by atoms with E-state index in [2.05, 4.69) is 35.8 Å². The Bertz CT molecular complexity index is 252. The average molecular weight is 299 g/mol. The quantitative estimate of drug-likeness (QED) is 0.778. The summed E-state index contributed by atoms with van der Waals surface area (Å²) in [4.78, 5) is 2.77. The van der Waals surface area contributed by atoms with Crippen molar-refractivity contribution in [2.24, 2.45) is 5.41 Å². The minimum absolute atomic E-state index is 0.551. The van der Waals surface area contributed by atoms with E-state index in [0.717, 1.165) is 0 Å². The first kappa shape index (κ1) is 16.6. The van der Waals surface area contributed by atoms with E-state index in [-0.39, 0.29) is 0 Å². The summed E-state index contributed by atoms with van der Waals surface area (Å²) in [6, 6.07) is 0.620. The zero-order valence-electron chi connectivity index (χ0n) is 13.6. The van der Waals surface area contributed by atoms with Gasteiger partial charge in [0.05, 0.1) is 0 Å². The SMILES string of the molecule is CC(C)NCC1(CN2CCCSCC2)CCCCCC1. The zero-order valence-corrected chi connectivity index (χ0v) is 14.4. The molecule has 20 heavy (non-hydrogen) atoms. The highest BCUT2D eigenvalue weighted by Gasteiger charge is 2.33. The number of nitrogens with one attached hydrogen (secondary N) is 1. The van der Waals surface area contributed by atoms with Gasteiger partial charge in [0.1, 0.15) is 0 Å². The third-order valence-corrected chi connectivity index (χ3v) is 5.97. The molecule has 1 saturated heterocycles. The first-order valence-electron chi connectivity index (χ1n) is 8.74. The minimum atomic E-state index is 0.551. The van der Waals surface area contributed by atoms with Crippen LogP contribution in [0.3, 0.4) is 0 Å². The zero-order chi connectivity index (χ0) is 14.3. The van der Waals surface area contributed by atoms with Crippen molar-refractivity contribution in [3.05, 3.63) is 0 Å². The highest BCUT2D eigenvalue weighted by molar-refractivity contribution is 7.99. The first-order chi connectivity index (χ1) is 9.70. The fraction of sp³-hybridized carbons (Fsp3) is 1.00. The Labute approximate surface area is 130 Å². The molecule has 2 rings (SSSR count). The lowest BCUT2D eigenvalue weighted by Crippen LogP contribution is -2.46. The van der Waals surface area contributed by atoms with Crippen LogP contribution < -0.4 is 5.32 Å². The summed E-state index contributed by atoms with van der Waals surface area (Å²) < 4.78 is 0. The summed E-state index contributed by atoms with van der Waals surface area (Å²) in [6.07, 6.45) is 10.1. The van der Waals surface area contributed by atoms with Crippen molar-refractivity contribution >= 4 is 11.8 Å². The summed E-state index contributed by atoms with van der Waals surface area (Å²) in [5.74, 6) is 2.71. The van der Waals surface area contributed by atoms with Crippen LogP contribution in [0.5, 0.6) is 0 Å². The topological polar surface area (TPSA) is 15.3 Å². The van der Waals surface area contributed by atoms with Crippen molar-refractivity contribution in [3.63, 3.8) is 0 Å². The Morgan fingerprint density at radius 2 is 1.75 bits per heavy atom. The molecule has 0 atom stereocenters. The lowest BCUT2D eigenvalue weighted by Gasteiger charge is -2.38. The van der Waals surface area contributed by atoms with Gasteiger partial charge < -0.3 is 10.2 Å². The van der Waals surface area contributed by atoms with Gasteiger partial charge in [-0.1, -0.05) is 39.5 Å². The van der Waals surface area contributed by atoms with Gasteiger partial charge in [-0.25, -0.2) is 0 Å². The second kappa shape index (κ2) is 8.65. The number of nitrogens with zero attached hydrogens (tertiary/aromatic N) is 1. The van der Waals surface area contributed by atoms with E-state index >= 15 is 0 Å². The Kier molecular flexibility index (Phi) is 7.20. The van der Waals surface area contributed by atoms with Crippen LogP contribution in [0.15, 0.2) is 0 Å². The van der Waals surface area contributed by atoms with E-state index in [1.807, 2.05) is 0 Å². The van der Waals surface area contributed by atoms with Crippen LogP contribution in [-0.4, -0.2) is 48.6 Å². The number of thioether (sulfide) groups is 1. The van der Waals surface area contributed by atoms with Gasteiger partial charge in [-0.15, -0.1) is 0 Å². The maximum Gasteiger partial charge on any atom is 0.00726 e. The monoisotopic (exact) mass is 298 g/mol. The van der Waals surface area contributed by atoms with Crippen molar-refractivity contribution in [3.8, 4) is 0 Å². The fourth-order valence-corrected chi connectivity index (χ4v) is 4.64. The molecule has 3 heteroatoms. The Balaban J connectivity index is 1.96. The van der Waals surface area contributed by atoms with Crippen LogP contribution in [0.4, 0.5) is 0 Å². The van der Waals surface area contributed by atoms with Gasteiger partial charge in [0.25, 0.3) is 0 Å². The fourth-order valence-electron chi connectivity index (χ4n) is 3.72. The minimum Gasteiger partial charge on any atom is -0.314 e. The Morgan fingerprint density at radius 1 is 1.00 bits per heavy atom. The Morgan fingerprint density at radius 3 is 2.45 bits per heavy atom. The Hall–Kier alpha value is 0.270. The summed E-state index contributed by atoms with van der Waals surface area (Å²) in [5, 5.41) is 3.76. The molecule has 0 bridgehead atoms. The van der Waals surface area contributed by atoms with E-state index in [4.69, 9.17) is 0 Å². The van der Waals surface area contributed by atoms with Crippen LogP contribution in [0, 0.1) is 5.41 Å². The lowest BCUT2D eigenvalue weighted by atomic mass is 9.79. The predicted octanol–water partition coefficient (Wildman–Crippen LogP) is 3.76. The van der Waals surface area contributed by atoms with Gasteiger partial charge in [-0.05, 0) is 37.0 Å². The van der Waals surface area contributed by atoms with Crippen molar-refractivity contribution in [2.75, 3.05) is 37.7 Å². The summed E-state index contributed by atoms with van der Waals surface area (Å²) in [6.45, 7) is 9.78. The molecule has 1 heterocycles. The van der Waals surface area contributed by atoms with Crippen LogP contribution >= 0.6 is 11.8 Å². The molecular weight excluding hydrogens is 264 g/mol. The van der Waals surface area contributed by atoms with E-state index in [1.54, 1.807) is 0 Å². The number of hydrogen-bond acceptors (Lipinski definition) is 3. The highest BCUT2D eigenvalue weighted by atomic mass is 32.2. The van der Waals surface area contributed by atoms with Crippen LogP contribution in [0.2, 0.25) is 0 Å². The number of hydrogen-bond donors (Lipinski definition) is 1. The third kappa shape index (κ3) is 5.57. The van der Waals surface area contributed by atoms with E-state index < -0.39 is 0 Å². The molecule has 0 unspecified atom stereocenters. The smallest absolute Gasteiger partial charge is 0.00726 e. The first-order valence-corrected chi connectivity index (χ1v) is 9.89. The molecule has 1 N–H and O–H groups in total. The van der Waals surface area contributed by atoms with Gasteiger partial charge in [0.2, 0.25) is 0 Å². The van der Waals surface area contributed by atoms with Crippen molar-refractivity contribution in [1.82, 2.24) is 10.2 Å². The second-order valence-corrected chi connectivity index (χ2v) is 8.42. The van der Waals surface area contributed by atoms with Gasteiger partial charge >= 0.3 is 0 Å². The summed E-state index contributed by atoms with van der Waals surface area (Å²) in [7, 11) is 0. The van der Waals surface area contributed by atoms with Gasteiger partial charge in [0, 0.05) is 31.4 Å². The molecule has 1 saturated carbocycles. The molecule has 0 amide bonds. The molecule has 1 aliphatic carbocycles. The predicted molar refractivity (Wildman–Crippen MR) is 91.7 cm³/mol. The molecule has 0 radical (unpaired) electrons. The molecule has 2 fully saturated rings. The molecule has 0 aromatic heterocycles. The van der Waals surface area contributed by atoms with E-state index in [9.17, 15) is 0 Å². The van der Waals surface area contributed by atoms with Crippen molar-refractivity contribution in [1.29, 1.82) is 0 Å². The standard InChI is InChI=1S/C17H34N2S/c1-16(2)18-14-17(8-5-3-4-6-9-17)15-19-10-7-12-20-13-11-19/h16,18H,3-15H2,1-2H3. The van der Waals surface area contributed by atoms with Crippen LogP contribution in [-0.2, 0) is 0 Å². The molecule has 118 valence electrons. The molecule has 1 aliphatic heterocycles. The van der Waals surface area contributed by atoms with Crippen molar-refractivity contribution in [2.45, 2.75) is 64.8 Å². The van der Waals surface area contributed by atoms with Gasteiger partial charge in [-0.3, -0.25) is 0 Å². The summed E-state index contributed by atoms with van der Waals surface area (Å²) in [5.41, 5.74) is 0.551. The molecule has 0 spiro atoms. The van der Waals surface area contributed by atoms with E-state index in [1.165, 1.54) is 82.6 Å². The van der Waals surface area contributed by atoms with Gasteiger partial charge in [0.15, 0.2) is 0 Å². The van der Waals surface area contributed by atoms with Crippen molar-refractivity contribution < 1.29 is 0 Å². The van der Waals surface area contributed by atoms with Gasteiger partial charge in [-0.2, -0.15) is 11.8 Å². The highest BCUT2D eigenvalue weighted by Crippen LogP contribution is 2.36. The molecule has 0 aromatic rings.